The molecule has 1 aromatic carbocycles. The molecule has 1 aliphatic heterocycles. The molecule has 1 saturated heterocycles. The van der Waals surface area contributed by atoms with Gasteiger partial charge >= 0.3 is 11.8 Å². The number of amides is 2. The second kappa shape index (κ2) is 8.05. The van der Waals surface area contributed by atoms with Crippen molar-refractivity contribution in [1.82, 2.24) is 14.9 Å². The van der Waals surface area contributed by atoms with Gasteiger partial charge in [-0.2, -0.15) is 0 Å². The first-order valence-corrected chi connectivity index (χ1v) is 9.31. The van der Waals surface area contributed by atoms with Crippen LogP contribution in [0.4, 0.5) is 10.5 Å². The first kappa shape index (κ1) is 19.9. The molecule has 9 heteroatoms. The molecule has 2 aromatic rings. The van der Waals surface area contributed by atoms with Crippen molar-refractivity contribution in [2.45, 2.75) is 45.3 Å². The Morgan fingerprint density at radius 2 is 2.04 bits per heavy atom. The summed E-state index contributed by atoms with van der Waals surface area (Å²) in [5, 5.41) is 2.75. The van der Waals surface area contributed by atoms with Crippen LogP contribution < -0.4 is 11.0 Å². The summed E-state index contributed by atoms with van der Waals surface area (Å²) in [6.45, 7) is 6.14. The molecule has 1 aliphatic rings. The largest absolute Gasteiger partial charge is 0.444 e. The van der Waals surface area contributed by atoms with E-state index >= 15 is 0 Å². The van der Waals surface area contributed by atoms with Gasteiger partial charge in [-0.3, -0.25) is 9.69 Å². The van der Waals surface area contributed by atoms with Gasteiger partial charge in [0.1, 0.15) is 12.1 Å². The van der Waals surface area contributed by atoms with E-state index < -0.39 is 11.7 Å². The molecular weight excluding hydrogens is 364 g/mol. The van der Waals surface area contributed by atoms with Gasteiger partial charge in [-0.15, -0.1) is 0 Å². The second-order valence-electron chi connectivity index (χ2n) is 7.88. The molecule has 0 radical (unpaired) electrons. The summed E-state index contributed by atoms with van der Waals surface area (Å²) >= 11 is 0. The van der Waals surface area contributed by atoms with Crippen molar-refractivity contribution in [3.8, 4) is 0 Å². The van der Waals surface area contributed by atoms with E-state index in [1.165, 1.54) is 4.90 Å². The lowest BCUT2D eigenvalue weighted by Crippen LogP contribution is -2.44. The number of hydrogen-bond donors (Lipinski definition) is 3. The molecule has 2 amide bonds. The summed E-state index contributed by atoms with van der Waals surface area (Å²) in [5.74, 6) is -0.360. The van der Waals surface area contributed by atoms with Crippen molar-refractivity contribution in [1.29, 1.82) is 0 Å². The van der Waals surface area contributed by atoms with Gasteiger partial charge in [-0.25, -0.2) is 9.59 Å². The summed E-state index contributed by atoms with van der Waals surface area (Å²) in [4.78, 5) is 43.1. The van der Waals surface area contributed by atoms with Crippen LogP contribution in [-0.4, -0.2) is 58.3 Å². The number of nitrogens with one attached hydrogen (secondary N) is 3. The van der Waals surface area contributed by atoms with Crippen molar-refractivity contribution in [3.63, 3.8) is 0 Å². The molecule has 0 bridgehead atoms. The zero-order valence-corrected chi connectivity index (χ0v) is 16.3. The van der Waals surface area contributed by atoms with Crippen molar-refractivity contribution < 1.29 is 19.1 Å². The standard InChI is InChI=1S/C19H26N4O5/c1-19(2,3)28-18(26)23(10-13-5-4-8-27-13)11-16(24)20-12-6-7-14-15(9-12)22-17(25)21-14/h6-7,9,13H,4-5,8,10-11H2,1-3H3,(H,20,24)(H2,21,22,25)/t13-/m1/s1. The number of hydrogen-bond acceptors (Lipinski definition) is 5. The normalized spacial score (nSPS) is 16.9. The first-order valence-electron chi connectivity index (χ1n) is 9.31. The molecule has 3 N–H and O–H groups in total. The van der Waals surface area contributed by atoms with E-state index in [9.17, 15) is 14.4 Å². The van der Waals surface area contributed by atoms with Crippen LogP contribution in [0.5, 0.6) is 0 Å². The molecular formula is C19H26N4O5. The van der Waals surface area contributed by atoms with Crippen LogP contribution >= 0.6 is 0 Å². The highest BCUT2D eigenvalue weighted by Crippen LogP contribution is 2.17. The molecule has 0 unspecified atom stereocenters. The third kappa shape index (κ3) is 5.35. The van der Waals surface area contributed by atoms with Gasteiger partial charge in [0.05, 0.1) is 23.7 Å². The number of fused-ring (bicyclic) bond motifs is 1. The monoisotopic (exact) mass is 390 g/mol. The number of carbonyl (C=O) groups is 2. The Bertz CT molecular complexity index is 905. The lowest BCUT2D eigenvalue weighted by atomic mass is 10.2. The number of benzene rings is 1. The molecule has 3 rings (SSSR count). The van der Waals surface area contributed by atoms with Crippen molar-refractivity contribution in [2.24, 2.45) is 0 Å². The molecule has 28 heavy (non-hydrogen) atoms. The minimum atomic E-state index is -0.659. The fourth-order valence-electron chi connectivity index (χ4n) is 3.05. The molecule has 9 nitrogen and oxygen atoms in total. The van der Waals surface area contributed by atoms with Gasteiger partial charge in [0.25, 0.3) is 0 Å². The van der Waals surface area contributed by atoms with E-state index in [-0.39, 0.29) is 24.2 Å². The van der Waals surface area contributed by atoms with E-state index in [4.69, 9.17) is 9.47 Å². The highest BCUT2D eigenvalue weighted by atomic mass is 16.6. The van der Waals surface area contributed by atoms with E-state index in [0.29, 0.717) is 29.9 Å². The lowest BCUT2D eigenvalue weighted by molar-refractivity contribution is -0.117. The molecule has 2 heterocycles. The predicted molar refractivity (Wildman–Crippen MR) is 104 cm³/mol. The summed E-state index contributed by atoms with van der Waals surface area (Å²) in [5.41, 5.74) is 0.788. The molecule has 152 valence electrons. The van der Waals surface area contributed by atoms with Crippen LogP contribution in [0, 0.1) is 0 Å². The van der Waals surface area contributed by atoms with E-state index in [1.807, 2.05) is 0 Å². The molecule has 1 aromatic heterocycles. The Kier molecular flexibility index (Phi) is 5.73. The first-order chi connectivity index (χ1) is 13.2. The minimum absolute atomic E-state index is 0.0957. The number of nitrogens with zero attached hydrogens (tertiary/aromatic N) is 1. The van der Waals surface area contributed by atoms with Crippen molar-refractivity contribution in [2.75, 3.05) is 25.0 Å². The van der Waals surface area contributed by atoms with Crippen LogP contribution in [0.1, 0.15) is 33.6 Å². The van der Waals surface area contributed by atoms with Crippen LogP contribution in [0.2, 0.25) is 0 Å². The molecule has 0 saturated carbocycles. The average molecular weight is 390 g/mol. The van der Waals surface area contributed by atoms with E-state index in [0.717, 1.165) is 12.8 Å². The van der Waals surface area contributed by atoms with Gasteiger partial charge in [-0.1, -0.05) is 0 Å². The third-order valence-corrected chi connectivity index (χ3v) is 4.23. The Hall–Kier alpha value is -2.81. The van der Waals surface area contributed by atoms with Crippen LogP contribution in [-0.2, 0) is 14.3 Å². The Labute approximate surface area is 162 Å². The number of ether oxygens (including phenoxy) is 2. The summed E-state index contributed by atoms with van der Waals surface area (Å²) in [6, 6.07) is 5.03. The highest BCUT2D eigenvalue weighted by molar-refractivity contribution is 5.95. The fourth-order valence-corrected chi connectivity index (χ4v) is 3.05. The summed E-state index contributed by atoms with van der Waals surface area (Å²) in [6.07, 6.45) is 1.14. The summed E-state index contributed by atoms with van der Waals surface area (Å²) in [7, 11) is 0. The number of aromatic amines is 2. The van der Waals surface area contributed by atoms with Gasteiger partial charge in [0.2, 0.25) is 5.91 Å². The number of carbonyl (C=O) groups excluding carboxylic acids is 2. The number of aromatic nitrogens is 2. The van der Waals surface area contributed by atoms with Gasteiger partial charge < -0.3 is 24.8 Å². The van der Waals surface area contributed by atoms with Crippen molar-refractivity contribution >= 4 is 28.7 Å². The highest BCUT2D eigenvalue weighted by Gasteiger charge is 2.28. The zero-order valence-electron chi connectivity index (χ0n) is 16.3. The quantitative estimate of drug-likeness (QED) is 0.724. The fraction of sp³-hybridized carbons (Fsp3) is 0.526. The number of H-pyrrole nitrogens is 2. The molecule has 0 aliphatic carbocycles. The van der Waals surface area contributed by atoms with Gasteiger partial charge in [-0.05, 0) is 51.8 Å². The Morgan fingerprint density at radius 1 is 1.29 bits per heavy atom. The SMILES string of the molecule is CC(C)(C)OC(=O)N(CC(=O)Nc1ccc2[nH]c(=O)[nH]c2c1)C[C@H]1CCCO1. The van der Waals surface area contributed by atoms with Gasteiger partial charge in [0.15, 0.2) is 0 Å². The number of imidazole rings is 1. The summed E-state index contributed by atoms with van der Waals surface area (Å²) < 4.78 is 11.0. The van der Waals surface area contributed by atoms with E-state index in [2.05, 4.69) is 15.3 Å². The number of anilines is 1. The van der Waals surface area contributed by atoms with Crippen LogP contribution in [0.25, 0.3) is 11.0 Å². The second-order valence-corrected chi connectivity index (χ2v) is 7.88. The maximum Gasteiger partial charge on any atom is 0.410 e. The topological polar surface area (TPSA) is 117 Å². The van der Waals surface area contributed by atoms with Gasteiger partial charge in [0, 0.05) is 12.3 Å². The third-order valence-electron chi connectivity index (χ3n) is 4.23. The zero-order chi connectivity index (χ0) is 20.3. The average Bonchev–Trinajstić information content (AvgIpc) is 3.20. The molecule has 1 atom stereocenters. The van der Waals surface area contributed by atoms with E-state index in [1.54, 1.807) is 39.0 Å². The van der Waals surface area contributed by atoms with Crippen LogP contribution in [0.15, 0.2) is 23.0 Å². The molecule has 0 spiro atoms. The number of rotatable bonds is 5. The predicted octanol–water partition coefficient (Wildman–Crippen LogP) is 2.21. The lowest BCUT2D eigenvalue weighted by Gasteiger charge is -2.28. The van der Waals surface area contributed by atoms with Crippen molar-refractivity contribution in [3.05, 3.63) is 28.7 Å². The Morgan fingerprint density at radius 3 is 2.71 bits per heavy atom. The maximum absolute atomic E-state index is 12.5. The maximum atomic E-state index is 12.5. The van der Waals surface area contributed by atoms with Crippen LogP contribution in [0.3, 0.4) is 0 Å². The minimum Gasteiger partial charge on any atom is -0.444 e. The smallest absolute Gasteiger partial charge is 0.410 e. The molecule has 1 fully saturated rings. The Balaban J connectivity index is 1.67.